The van der Waals surface area contributed by atoms with Crippen molar-refractivity contribution in [3.63, 3.8) is 0 Å². The Bertz CT molecular complexity index is 757. The fraction of sp³-hybridized carbons (Fsp3) is 0.364. The van der Waals surface area contributed by atoms with E-state index in [-0.39, 0.29) is 5.91 Å². The van der Waals surface area contributed by atoms with Crippen LogP contribution in [0.4, 0.5) is 10.5 Å². The van der Waals surface area contributed by atoms with E-state index in [1.54, 1.807) is 39.8 Å². The van der Waals surface area contributed by atoms with Crippen LogP contribution < -0.4 is 10.6 Å². The second kappa shape index (κ2) is 9.90. The molecule has 0 bridgehead atoms. The van der Waals surface area contributed by atoms with Gasteiger partial charge in [-0.1, -0.05) is 48.5 Å². The standard InChI is InChI=1S/C22H28N2O4/c1-16(27-15-17-11-7-5-8-12-17)19(24-21(26)28-22(2,3)4)20(25)23-18-13-9-6-10-14-18/h5-14,16,19H,15H2,1-4H3,(H,23,25)(H,24,26)/t16-,19-/m0/s1. The highest BCUT2D eigenvalue weighted by Crippen LogP contribution is 2.12. The fourth-order valence-corrected chi connectivity index (χ4v) is 2.47. The molecule has 150 valence electrons. The van der Waals surface area contributed by atoms with Crippen LogP contribution in [0.3, 0.4) is 0 Å². The number of rotatable bonds is 7. The van der Waals surface area contributed by atoms with Crippen molar-refractivity contribution >= 4 is 17.7 Å². The summed E-state index contributed by atoms with van der Waals surface area (Å²) in [5, 5.41) is 5.43. The lowest BCUT2D eigenvalue weighted by Crippen LogP contribution is -2.52. The van der Waals surface area contributed by atoms with E-state index >= 15 is 0 Å². The first-order valence-corrected chi connectivity index (χ1v) is 9.25. The normalized spacial score (nSPS) is 13.3. The van der Waals surface area contributed by atoms with Crippen LogP contribution in [0.25, 0.3) is 0 Å². The average molecular weight is 384 g/mol. The van der Waals surface area contributed by atoms with Crippen molar-refractivity contribution in [1.29, 1.82) is 0 Å². The molecule has 2 N–H and O–H groups in total. The Morgan fingerprint density at radius 2 is 1.54 bits per heavy atom. The fourth-order valence-electron chi connectivity index (χ4n) is 2.47. The van der Waals surface area contributed by atoms with Gasteiger partial charge < -0.3 is 20.1 Å². The second-order valence-electron chi connectivity index (χ2n) is 7.48. The number of benzene rings is 2. The molecule has 0 saturated carbocycles. The van der Waals surface area contributed by atoms with Gasteiger partial charge in [0.15, 0.2) is 0 Å². The Morgan fingerprint density at radius 3 is 2.11 bits per heavy atom. The first-order chi connectivity index (χ1) is 13.2. The minimum absolute atomic E-state index is 0.327. The molecule has 0 unspecified atom stereocenters. The molecule has 0 fully saturated rings. The zero-order chi connectivity index (χ0) is 20.6. The van der Waals surface area contributed by atoms with Gasteiger partial charge in [-0.3, -0.25) is 4.79 Å². The number of amides is 2. The highest BCUT2D eigenvalue weighted by Gasteiger charge is 2.30. The molecule has 0 aliphatic heterocycles. The Balaban J connectivity index is 2.07. The van der Waals surface area contributed by atoms with Crippen molar-refractivity contribution in [2.24, 2.45) is 0 Å². The van der Waals surface area contributed by atoms with Gasteiger partial charge in [0.2, 0.25) is 5.91 Å². The number of carbonyl (C=O) groups excluding carboxylic acids is 2. The van der Waals surface area contributed by atoms with E-state index in [0.717, 1.165) is 5.56 Å². The van der Waals surface area contributed by atoms with E-state index in [0.29, 0.717) is 12.3 Å². The number of ether oxygens (including phenoxy) is 2. The third-order valence-electron chi connectivity index (χ3n) is 3.82. The van der Waals surface area contributed by atoms with Crippen molar-refractivity contribution in [2.75, 3.05) is 5.32 Å². The molecule has 2 rings (SSSR count). The summed E-state index contributed by atoms with van der Waals surface area (Å²) in [6.45, 7) is 7.37. The molecule has 0 saturated heterocycles. The van der Waals surface area contributed by atoms with Gasteiger partial charge in [-0.05, 0) is 45.4 Å². The lowest BCUT2D eigenvalue weighted by molar-refractivity contribution is -0.122. The molecule has 2 atom stereocenters. The first-order valence-electron chi connectivity index (χ1n) is 9.25. The van der Waals surface area contributed by atoms with Gasteiger partial charge in [0.25, 0.3) is 0 Å². The Hall–Kier alpha value is -2.86. The van der Waals surface area contributed by atoms with Crippen LogP contribution >= 0.6 is 0 Å². The minimum Gasteiger partial charge on any atom is -0.444 e. The Labute approximate surface area is 166 Å². The molecule has 28 heavy (non-hydrogen) atoms. The molecule has 6 nitrogen and oxygen atoms in total. The summed E-state index contributed by atoms with van der Waals surface area (Å²) in [5.74, 6) is -0.377. The van der Waals surface area contributed by atoms with Crippen LogP contribution in [0.15, 0.2) is 60.7 Å². The SMILES string of the molecule is C[C@H](OCc1ccccc1)[C@H](NC(=O)OC(C)(C)C)C(=O)Nc1ccccc1. The topological polar surface area (TPSA) is 76.7 Å². The number of anilines is 1. The molecule has 0 aromatic heterocycles. The van der Waals surface area contributed by atoms with Gasteiger partial charge in [-0.25, -0.2) is 4.79 Å². The molecule has 0 radical (unpaired) electrons. The molecule has 2 amide bonds. The second-order valence-corrected chi connectivity index (χ2v) is 7.48. The van der Waals surface area contributed by atoms with Gasteiger partial charge in [-0.2, -0.15) is 0 Å². The summed E-state index contributed by atoms with van der Waals surface area (Å²) in [4.78, 5) is 25.0. The van der Waals surface area contributed by atoms with E-state index in [9.17, 15) is 9.59 Å². The third kappa shape index (κ3) is 7.40. The predicted molar refractivity (Wildman–Crippen MR) is 109 cm³/mol. The molecule has 0 aliphatic rings. The van der Waals surface area contributed by atoms with Gasteiger partial charge in [0.1, 0.15) is 11.6 Å². The highest BCUT2D eigenvalue weighted by molar-refractivity contribution is 5.97. The van der Waals surface area contributed by atoms with Crippen molar-refractivity contribution in [1.82, 2.24) is 5.32 Å². The summed E-state index contributed by atoms with van der Waals surface area (Å²) in [6, 6.07) is 17.8. The van der Waals surface area contributed by atoms with Crippen LogP contribution in [0.1, 0.15) is 33.3 Å². The maximum atomic E-state index is 12.8. The first kappa shape index (κ1) is 21.4. The molecule has 0 aliphatic carbocycles. The highest BCUT2D eigenvalue weighted by atomic mass is 16.6. The van der Waals surface area contributed by atoms with Crippen LogP contribution in [0.2, 0.25) is 0 Å². The summed E-state index contributed by atoms with van der Waals surface area (Å²) >= 11 is 0. The zero-order valence-electron chi connectivity index (χ0n) is 16.8. The minimum atomic E-state index is -0.918. The number of carbonyl (C=O) groups is 2. The molecular formula is C22H28N2O4. The Kier molecular flexibility index (Phi) is 7.58. The quantitative estimate of drug-likeness (QED) is 0.753. The van der Waals surface area contributed by atoms with Crippen LogP contribution in [0, 0.1) is 0 Å². The lowest BCUT2D eigenvalue weighted by Gasteiger charge is -2.27. The van der Waals surface area contributed by atoms with E-state index in [1.807, 2.05) is 48.5 Å². The molecule has 2 aromatic carbocycles. The summed E-state index contributed by atoms with van der Waals surface area (Å²) in [6.07, 6.45) is -1.24. The average Bonchev–Trinajstić information content (AvgIpc) is 2.64. The lowest BCUT2D eigenvalue weighted by atomic mass is 10.1. The number of nitrogens with one attached hydrogen (secondary N) is 2. The molecular weight excluding hydrogens is 356 g/mol. The maximum absolute atomic E-state index is 12.8. The summed E-state index contributed by atoms with van der Waals surface area (Å²) < 4.78 is 11.1. The zero-order valence-corrected chi connectivity index (χ0v) is 16.8. The monoisotopic (exact) mass is 384 g/mol. The van der Waals surface area contributed by atoms with Crippen molar-refractivity contribution in [3.8, 4) is 0 Å². The third-order valence-corrected chi connectivity index (χ3v) is 3.82. The number of para-hydroxylation sites is 1. The molecule has 0 spiro atoms. The van der Waals surface area contributed by atoms with E-state index in [4.69, 9.17) is 9.47 Å². The van der Waals surface area contributed by atoms with Crippen molar-refractivity contribution < 1.29 is 19.1 Å². The summed E-state index contributed by atoms with van der Waals surface area (Å²) in [7, 11) is 0. The number of alkyl carbamates (subject to hydrolysis) is 1. The van der Waals surface area contributed by atoms with Crippen LogP contribution in [-0.2, 0) is 20.9 Å². The van der Waals surface area contributed by atoms with Gasteiger partial charge in [-0.15, -0.1) is 0 Å². The number of hydrogen-bond acceptors (Lipinski definition) is 4. The molecule has 6 heteroatoms. The molecule has 0 heterocycles. The van der Waals surface area contributed by atoms with E-state index in [2.05, 4.69) is 10.6 Å². The smallest absolute Gasteiger partial charge is 0.408 e. The van der Waals surface area contributed by atoms with Crippen molar-refractivity contribution in [2.45, 2.75) is 52.0 Å². The van der Waals surface area contributed by atoms with Gasteiger partial charge in [0, 0.05) is 5.69 Å². The Morgan fingerprint density at radius 1 is 0.964 bits per heavy atom. The van der Waals surface area contributed by atoms with Crippen molar-refractivity contribution in [3.05, 3.63) is 66.2 Å². The van der Waals surface area contributed by atoms with E-state index < -0.39 is 23.8 Å². The number of hydrogen-bond donors (Lipinski definition) is 2. The maximum Gasteiger partial charge on any atom is 0.408 e. The van der Waals surface area contributed by atoms with Crippen LogP contribution in [-0.4, -0.2) is 29.7 Å². The molecule has 2 aromatic rings. The van der Waals surface area contributed by atoms with Gasteiger partial charge in [0.05, 0.1) is 12.7 Å². The largest absolute Gasteiger partial charge is 0.444 e. The summed E-state index contributed by atoms with van der Waals surface area (Å²) in [5.41, 5.74) is 0.950. The van der Waals surface area contributed by atoms with E-state index in [1.165, 1.54) is 0 Å². The predicted octanol–water partition coefficient (Wildman–Crippen LogP) is 4.12. The van der Waals surface area contributed by atoms with Gasteiger partial charge >= 0.3 is 6.09 Å². The van der Waals surface area contributed by atoms with Crippen LogP contribution in [0.5, 0.6) is 0 Å².